The highest BCUT2D eigenvalue weighted by Gasteiger charge is 2.24. The van der Waals surface area contributed by atoms with E-state index in [1.54, 1.807) is 38.4 Å². The molecule has 0 atom stereocenters. The molecule has 4 rings (SSSR count). The predicted octanol–water partition coefficient (Wildman–Crippen LogP) is 3.64. The summed E-state index contributed by atoms with van der Waals surface area (Å²) in [4.78, 5) is 14.6. The van der Waals surface area contributed by atoms with Crippen LogP contribution < -0.4 is 4.74 Å². The van der Waals surface area contributed by atoms with Crippen molar-refractivity contribution in [3.8, 4) is 40.3 Å². The summed E-state index contributed by atoms with van der Waals surface area (Å²) in [6.07, 6.45) is 0. The maximum atomic E-state index is 13.2. The van der Waals surface area contributed by atoms with Crippen molar-refractivity contribution in [2.75, 3.05) is 14.2 Å². The summed E-state index contributed by atoms with van der Waals surface area (Å²) in [5.41, 5.74) is 2.43. The van der Waals surface area contributed by atoms with Gasteiger partial charge in [0, 0.05) is 19.7 Å². The van der Waals surface area contributed by atoms with Gasteiger partial charge in [0.25, 0.3) is 5.91 Å². The molecule has 0 saturated carbocycles. The van der Waals surface area contributed by atoms with Gasteiger partial charge in [-0.3, -0.25) is 4.79 Å². The zero-order chi connectivity index (χ0) is 24.4. The molecule has 0 bridgehead atoms. The lowest BCUT2D eigenvalue weighted by atomic mass is 10.1. The van der Waals surface area contributed by atoms with E-state index < -0.39 is 5.91 Å². The summed E-state index contributed by atoms with van der Waals surface area (Å²) in [5.74, 6) is -0.315. The molecule has 9 heteroatoms. The van der Waals surface area contributed by atoms with Crippen molar-refractivity contribution in [1.82, 2.24) is 19.7 Å². The van der Waals surface area contributed by atoms with Gasteiger partial charge in [0.05, 0.1) is 23.9 Å². The van der Waals surface area contributed by atoms with E-state index in [0.29, 0.717) is 18.0 Å². The Morgan fingerprint density at radius 2 is 1.71 bits per heavy atom. The molecular weight excluding hydrogens is 436 g/mol. The van der Waals surface area contributed by atoms with E-state index in [4.69, 9.17) is 4.74 Å². The molecule has 0 aliphatic heterocycles. The van der Waals surface area contributed by atoms with Crippen LogP contribution in [0.5, 0.6) is 23.3 Å². The largest absolute Gasteiger partial charge is 0.507 e. The Morgan fingerprint density at radius 3 is 2.38 bits per heavy atom. The average Bonchev–Trinajstić information content (AvgIpc) is 3.20. The van der Waals surface area contributed by atoms with E-state index in [9.17, 15) is 20.1 Å². The molecule has 174 valence electrons. The number of benzene rings is 3. The van der Waals surface area contributed by atoms with Crippen LogP contribution in [0.4, 0.5) is 0 Å². The number of aromatic hydroxyl groups is 3. The molecule has 0 aliphatic rings. The van der Waals surface area contributed by atoms with Crippen LogP contribution in [0, 0.1) is 6.92 Å². The first-order valence-electron chi connectivity index (χ1n) is 10.4. The van der Waals surface area contributed by atoms with Crippen LogP contribution in [0.15, 0.2) is 60.7 Å². The molecule has 0 aliphatic carbocycles. The van der Waals surface area contributed by atoms with Crippen LogP contribution >= 0.6 is 0 Å². The van der Waals surface area contributed by atoms with E-state index in [1.165, 1.54) is 15.5 Å². The normalized spacial score (nSPS) is 10.8. The molecule has 1 amide bonds. The van der Waals surface area contributed by atoms with Gasteiger partial charge in [-0.05, 0) is 42.3 Å². The minimum absolute atomic E-state index is 0.0253. The highest BCUT2D eigenvalue weighted by molar-refractivity contribution is 5.98. The molecule has 0 fully saturated rings. The first-order valence-corrected chi connectivity index (χ1v) is 10.4. The number of aromatic nitrogens is 3. The van der Waals surface area contributed by atoms with Crippen molar-refractivity contribution in [1.29, 1.82) is 0 Å². The van der Waals surface area contributed by atoms with Gasteiger partial charge in [0.15, 0.2) is 5.82 Å². The molecule has 0 radical (unpaired) electrons. The fourth-order valence-corrected chi connectivity index (χ4v) is 3.70. The topological polar surface area (TPSA) is 121 Å². The summed E-state index contributed by atoms with van der Waals surface area (Å²) in [6.45, 7) is 2.15. The molecule has 34 heavy (non-hydrogen) atoms. The molecule has 9 nitrogen and oxygen atoms in total. The number of rotatable bonds is 6. The number of hydrogen-bond acceptors (Lipinski definition) is 7. The second-order valence-electron chi connectivity index (χ2n) is 7.84. The van der Waals surface area contributed by atoms with Gasteiger partial charge >= 0.3 is 6.01 Å². The fraction of sp³-hybridized carbons (Fsp3) is 0.160. The number of aryl methyl sites for hydroxylation is 1. The van der Waals surface area contributed by atoms with Crippen molar-refractivity contribution < 1.29 is 24.9 Å². The van der Waals surface area contributed by atoms with Crippen LogP contribution in [0.3, 0.4) is 0 Å². The molecule has 0 unspecified atom stereocenters. The maximum absolute atomic E-state index is 13.2. The molecular formula is C25H24N4O5. The second kappa shape index (κ2) is 9.14. The van der Waals surface area contributed by atoms with Gasteiger partial charge in [-0.25, -0.2) is 4.57 Å². The number of methoxy groups -OCH3 is 1. The molecule has 3 N–H and O–H groups in total. The zero-order valence-electron chi connectivity index (χ0n) is 18.9. The van der Waals surface area contributed by atoms with Gasteiger partial charge in [-0.1, -0.05) is 35.4 Å². The number of nitrogens with zero attached hydrogens (tertiary/aromatic N) is 4. The predicted molar refractivity (Wildman–Crippen MR) is 125 cm³/mol. The molecule has 4 aromatic rings. The van der Waals surface area contributed by atoms with Gasteiger partial charge in [0.2, 0.25) is 0 Å². The third-order valence-electron chi connectivity index (χ3n) is 5.51. The highest BCUT2D eigenvalue weighted by atomic mass is 16.5. The Morgan fingerprint density at radius 1 is 1.00 bits per heavy atom. The third-order valence-corrected chi connectivity index (χ3v) is 5.51. The number of para-hydroxylation sites is 1. The Bertz CT molecular complexity index is 1350. The average molecular weight is 460 g/mol. The van der Waals surface area contributed by atoms with Gasteiger partial charge < -0.3 is 25.0 Å². The summed E-state index contributed by atoms with van der Waals surface area (Å²) in [5, 5.41) is 39.1. The van der Waals surface area contributed by atoms with Crippen molar-refractivity contribution in [2.24, 2.45) is 0 Å². The molecule has 0 saturated heterocycles. The number of phenols is 2. The van der Waals surface area contributed by atoms with E-state index >= 15 is 0 Å². The summed E-state index contributed by atoms with van der Waals surface area (Å²) < 4.78 is 6.53. The SMILES string of the molecule is COc1ccc(CN(C)C(=O)c2cc(-c3nnc(O)n3-c3ccccc3C)c(O)cc2O)cc1. The van der Waals surface area contributed by atoms with Gasteiger partial charge in [0.1, 0.15) is 17.2 Å². The van der Waals surface area contributed by atoms with E-state index in [2.05, 4.69) is 10.2 Å². The number of ether oxygens (including phenoxy) is 1. The fourth-order valence-electron chi connectivity index (χ4n) is 3.70. The van der Waals surface area contributed by atoms with Gasteiger partial charge in [-0.15, -0.1) is 5.10 Å². The Labute approximate surface area is 196 Å². The van der Waals surface area contributed by atoms with Crippen molar-refractivity contribution in [2.45, 2.75) is 13.5 Å². The number of phenolic OH excluding ortho intramolecular Hbond substituents is 2. The Balaban J connectivity index is 1.71. The number of hydrogen-bond donors (Lipinski definition) is 3. The number of amides is 1. The number of carbonyl (C=O) groups is 1. The lowest BCUT2D eigenvalue weighted by Gasteiger charge is -2.19. The zero-order valence-corrected chi connectivity index (χ0v) is 18.9. The minimum Gasteiger partial charge on any atom is -0.507 e. The minimum atomic E-state index is -0.458. The van der Waals surface area contributed by atoms with Crippen molar-refractivity contribution >= 4 is 5.91 Å². The van der Waals surface area contributed by atoms with Crippen LogP contribution in [0.25, 0.3) is 17.1 Å². The first kappa shape index (κ1) is 22.7. The summed E-state index contributed by atoms with van der Waals surface area (Å²) >= 11 is 0. The standard InChI is InChI=1S/C25H24N4O5/c1-15-6-4-5-7-20(15)29-23(26-27-25(29)33)18-12-19(22(31)13-21(18)30)24(32)28(2)14-16-8-10-17(34-3)11-9-16/h4-13,30-31H,14H2,1-3H3,(H,27,33). The monoisotopic (exact) mass is 460 g/mol. The second-order valence-corrected chi connectivity index (χ2v) is 7.84. The highest BCUT2D eigenvalue weighted by Crippen LogP contribution is 2.37. The Hall–Kier alpha value is -4.53. The first-order chi connectivity index (χ1) is 16.3. The molecule has 1 aromatic heterocycles. The number of carbonyl (C=O) groups excluding carboxylic acids is 1. The van der Waals surface area contributed by atoms with Crippen molar-refractivity contribution in [3.63, 3.8) is 0 Å². The van der Waals surface area contributed by atoms with E-state index in [-0.39, 0.29) is 34.5 Å². The van der Waals surface area contributed by atoms with Crippen LogP contribution in [0.1, 0.15) is 21.5 Å². The Kier molecular flexibility index (Phi) is 6.09. The van der Waals surface area contributed by atoms with E-state index in [1.807, 2.05) is 31.2 Å². The quantitative estimate of drug-likeness (QED) is 0.402. The lowest BCUT2D eigenvalue weighted by Crippen LogP contribution is -2.26. The summed E-state index contributed by atoms with van der Waals surface area (Å²) in [7, 11) is 3.19. The van der Waals surface area contributed by atoms with Crippen LogP contribution in [-0.2, 0) is 6.54 Å². The van der Waals surface area contributed by atoms with Crippen LogP contribution in [0.2, 0.25) is 0 Å². The molecule has 1 heterocycles. The molecule has 0 spiro atoms. The maximum Gasteiger partial charge on any atom is 0.319 e. The van der Waals surface area contributed by atoms with Gasteiger partial charge in [-0.2, -0.15) is 0 Å². The molecule has 3 aromatic carbocycles. The van der Waals surface area contributed by atoms with E-state index in [0.717, 1.165) is 17.2 Å². The van der Waals surface area contributed by atoms with Crippen LogP contribution in [-0.4, -0.2) is 55.0 Å². The summed E-state index contributed by atoms with van der Waals surface area (Å²) in [6, 6.07) is 16.6. The van der Waals surface area contributed by atoms with Crippen molar-refractivity contribution in [3.05, 3.63) is 77.4 Å². The smallest absolute Gasteiger partial charge is 0.319 e. The lowest BCUT2D eigenvalue weighted by molar-refractivity contribution is 0.0782. The third kappa shape index (κ3) is 4.23.